The highest BCUT2D eigenvalue weighted by atomic mass is 16.1. The molecule has 6 heteroatoms. The normalized spacial score (nSPS) is 17.2. The molecule has 2 aromatic heterocycles. The van der Waals surface area contributed by atoms with Crippen LogP contribution >= 0.6 is 0 Å². The molecule has 0 aromatic carbocycles. The van der Waals surface area contributed by atoms with E-state index in [0.717, 1.165) is 48.0 Å². The highest BCUT2D eigenvalue weighted by Crippen LogP contribution is 2.22. The monoisotopic (exact) mass is 343 g/mol. The fourth-order valence-electron chi connectivity index (χ4n) is 3.96. The highest BCUT2D eigenvalue weighted by molar-refractivity contribution is 5.95. The van der Waals surface area contributed by atoms with Gasteiger partial charge in [0.2, 0.25) is 0 Å². The van der Waals surface area contributed by atoms with Crippen LogP contribution in [0.5, 0.6) is 0 Å². The SMILES string of the molecule is Cc1cc(C(=O)NC2CCc3nnc(C(C)C)n3C2)c(C)n1C(C)C. The third-order valence-corrected chi connectivity index (χ3v) is 5.07. The van der Waals surface area contributed by atoms with Crippen LogP contribution in [0.25, 0.3) is 0 Å². The number of aromatic nitrogens is 4. The van der Waals surface area contributed by atoms with Gasteiger partial charge < -0.3 is 14.5 Å². The van der Waals surface area contributed by atoms with Crippen molar-refractivity contribution >= 4 is 5.91 Å². The fourth-order valence-corrected chi connectivity index (χ4v) is 3.96. The molecule has 0 saturated carbocycles. The molecule has 1 aliphatic heterocycles. The Morgan fingerprint density at radius 3 is 2.56 bits per heavy atom. The second-order valence-electron chi connectivity index (χ2n) is 7.70. The highest BCUT2D eigenvalue weighted by Gasteiger charge is 2.26. The molecule has 0 bridgehead atoms. The van der Waals surface area contributed by atoms with Crippen LogP contribution in [0.3, 0.4) is 0 Å². The number of amides is 1. The van der Waals surface area contributed by atoms with E-state index in [1.807, 2.05) is 13.0 Å². The first-order chi connectivity index (χ1) is 11.8. The first-order valence-corrected chi connectivity index (χ1v) is 9.20. The standard InChI is InChI=1S/C19H29N5O/c1-11(2)18-22-21-17-8-7-15(10-23(17)18)20-19(25)16-9-13(5)24(12(3)4)14(16)6/h9,11-12,15H,7-8,10H2,1-6H3,(H,20,25). The quantitative estimate of drug-likeness (QED) is 0.927. The molecule has 3 rings (SSSR count). The zero-order valence-corrected chi connectivity index (χ0v) is 16.1. The van der Waals surface area contributed by atoms with Gasteiger partial charge in [0, 0.05) is 42.4 Å². The van der Waals surface area contributed by atoms with Gasteiger partial charge in [-0.2, -0.15) is 0 Å². The van der Waals surface area contributed by atoms with Crippen molar-refractivity contribution in [2.45, 2.75) is 78.9 Å². The van der Waals surface area contributed by atoms with Gasteiger partial charge >= 0.3 is 0 Å². The van der Waals surface area contributed by atoms with Crippen LogP contribution in [0.1, 0.15) is 79.5 Å². The average molecular weight is 343 g/mol. The van der Waals surface area contributed by atoms with Crippen LogP contribution in [-0.4, -0.2) is 31.3 Å². The molecular weight excluding hydrogens is 314 g/mol. The molecule has 1 N–H and O–H groups in total. The lowest BCUT2D eigenvalue weighted by Crippen LogP contribution is -2.41. The molecule has 0 fully saturated rings. The van der Waals surface area contributed by atoms with Gasteiger partial charge in [0.1, 0.15) is 11.6 Å². The number of fused-ring (bicyclic) bond motifs is 1. The van der Waals surface area contributed by atoms with E-state index in [-0.39, 0.29) is 11.9 Å². The van der Waals surface area contributed by atoms with Gasteiger partial charge in [-0.05, 0) is 40.2 Å². The minimum Gasteiger partial charge on any atom is -0.347 e. The molecule has 0 saturated heterocycles. The van der Waals surface area contributed by atoms with Crippen molar-refractivity contribution < 1.29 is 4.79 Å². The second kappa shape index (κ2) is 6.65. The number of nitrogens with zero attached hydrogens (tertiary/aromatic N) is 4. The molecule has 1 amide bonds. The molecule has 136 valence electrons. The van der Waals surface area contributed by atoms with Gasteiger partial charge in [0.15, 0.2) is 0 Å². The Morgan fingerprint density at radius 2 is 1.96 bits per heavy atom. The Hall–Kier alpha value is -2.11. The van der Waals surface area contributed by atoms with E-state index in [1.165, 1.54) is 0 Å². The molecule has 1 atom stereocenters. The third-order valence-electron chi connectivity index (χ3n) is 5.07. The molecule has 3 heterocycles. The second-order valence-corrected chi connectivity index (χ2v) is 7.70. The van der Waals surface area contributed by atoms with Crippen molar-refractivity contribution in [3.8, 4) is 0 Å². The molecule has 6 nitrogen and oxygen atoms in total. The smallest absolute Gasteiger partial charge is 0.253 e. The number of carbonyl (C=O) groups excluding carboxylic acids is 1. The van der Waals surface area contributed by atoms with E-state index in [2.05, 4.69) is 59.3 Å². The van der Waals surface area contributed by atoms with Crippen molar-refractivity contribution in [3.63, 3.8) is 0 Å². The van der Waals surface area contributed by atoms with Crippen molar-refractivity contribution in [2.24, 2.45) is 0 Å². The molecular formula is C19H29N5O. The number of aryl methyl sites for hydroxylation is 2. The predicted molar refractivity (Wildman–Crippen MR) is 98.0 cm³/mol. The minimum absolute atomic E-state index is 0.0209. The maximum atomic E-state index is 12.8. The largest absolute Gasteiger partial charge is 0.347 e. The lowest BCUT2D eigenvalue weighted by atomic mass is 10.1. The van der Waals surface area contributed by atoms with E-state index in [1.54, 1.807) is 0 Å². The summed E-state index contributed by atoms with van der Waals surface area (Å²) < 4.78 is 4.39. The summed E-state index contributed by atoms with van der Waals surface area (Å²) in [5.41, 5.74) is 2.95. The fraction of sp³-hybridized carbons (Fsp3) is 0.632. The van der Waals surface area contributed by atoms with Gasteiger partial charge in [-0.3, -0.25) is 4.79 Å². The van der Waals surface area contributed by atoms with Crippen molar-refractivity contribution in [2.75, 3.05) is 0 Å². The van der Waals surface area contributed by atoms with Gasteiger partial charge in [-0.15, -0.1) is 10.2 Å². The molecule has 25 heavy (non-hydrogen) atoms. The topological polar surface area (TPSA) is 64.7 Å². The molecule has 1 unspecified atom stereocenters. The van der Waals surface area contributed by atoms with Gasteiger partial charge in [-0.25, -0.2) is 0 Å². The number of rotatable bonds is 4. The molecule has 0 radical (unpaired) electrons. The Kier molecular flexibility index (Phi) is 4.71. The number of hydrogen-bond donors (Lipinski definition) is 1. The maximum Gasteiger partial charge on any atom is 0.253 e. The van der Waals surface area contributed by atoms with Gasteiger partial charge in [0.05, 0.1) is 5.56 Å². The lowest BCUT2D eigenvalue weighted by Gasteiger charge is -2.26. The molecule has 0 spiro atoms. The van der Waals surface area contributed by atoms with Crippen LogP contribution in [-0.2, 0) is 13.0 Å². The zero-order chi connectivity index (χ0) is 18.3. The summed E-state index contributed by atoms with van der Waals surface area (Å²) in [6, 6.07) is 2.47. The lowest BCUT2D eigenvalue weighted by molar-refractivity contribution is 0.0926. The van der Waals surface area contributed by atoms with E-state index < -0.39 is 0 Å². The molecule has 0 aliphatic carbocycles. The van der Waals surface area contributed by atoms with Crippen LogP contribution in [0.15, 0.2) is 6.07 Å². The van der Waals surface area contributed by atoms with Crippen LogP contribution in [0.4, 0.5) is 0 Å². The van der Waals surface area contributed by atoms with E-state index in [0.29, 0.717) is 12.0 Å². The molecule has 2 aromatic rings. The average Bonchev–Trinajstić information content (AvgIpc) is 3.07. The first kappa shape index (κ1) is 17.7. The number of hydrogen-bond acceptors (Lipinski definition) is 3. The number of carbonyl (C=O) groups is 1. The Morgan fingerprint density at radius 1 is 1.24 bits per heavy atom. The van der Waals surface area contributed by atoms with Gasteiger partial charge in [-0.1, -0.05) is 13.8 Å². The summed E-state index contributed by atoms with van der Waals surface area (Å²) in [6.07, 6.45) is 1.76. The third kappa shape index (κ3) is 3.22. The minimum atomic E-state index is 0.0209. The Labute approximate surface area is 149 Å². The van der Waals surface area contributed by atoms with Crippen LogP contribution < -0.4 is 5.32 Å². The maximum absolute atomic E-state index is 12.8. The van der Waals surface area contributed by atoms with Crippen molar-refractivity contribution in [1.29, 1.82) is 0 Å². The summed E-state index contributed by atoms with van der Waals surface area (Å²) in [5, 5.41) is 11.8. The van der Waals surface area contributed by atoms with E-state index in [4.69, 9.17) is 0 Å². The summed E-state index contributed by atoms with van der Waals surface area (Å²) in [7, 11) is 0. The number of nitrogens with one attached hydrogen (secondary N) is 1. The van der Waals surface area contributed by atoms with E-state index in [9.17, 15) is 4.79 Å². The summed E-state index contributed by atoms with van der Waals surface area (Å²) >= 11 is 0. The van der Waals surface area contributed by atoms with Gasteiger partial charge in [0.25, 0.3) is 5.91 Å². The molecule has 1 aliphatic rings. The Bertz CT molecular complexity index is 784. The summed E-state index contributed by atoms with van der Waals surface area (Å²) in [6.45, 7) is 13.4. The van der Waals surface area contributed by atoms with Crippen LogP contribution in [0, 0.1) is 13.8 Å². The van der Waals surface area contributed by atoms with Crippen LogP contribution in [0.2, 0.25) is 0 Å². The van der Waals surface area contributed by atoms with E-state index >= 15 is 0 Å². The first-order valence-electron chi connectivity index (χ1n) is 9.20. The summed E-state index contributed by atoms with van der Waals surface area (Å²) in [4.78, 5) is 12.8. The predicted octanol–water partition coefficient (Wildman–Crippen LogP) is 3.15. The van der Waals surface area contributed by atoms with Crippen molar-refractivity contribution in [1.82, 2.24) is 24.6 Å². The zero-order valence-electron chi connectivity index (χ0n) is 16.1. The van der Waals surface area contributed by atoms with Crippen molar-refractivity contribution in [3.05, 3.63) is 34.7 Å². The Balaban J connectivity index is 1.76. The summed E-state index contributed by atoms with van der Waals surface area (Å²) in [5.74, 6) is 2.40.